The predicted molar refractivity (Wildman–Crippen MR) is 93.3 cm³/mol. The Morgan fingerprint density at radius 1 is 0.958 bits per heavy atom. The summed E-state index contributed by atoms with van der Waals surface area (Å²) in [7, 11) is 2.16. The lowest BCUT2D eigenvalue weighted by atomic mass is 10.1. The van der Waals surface area contributed by atoms with Gasteiger partial charge in [0.2, 0.25) is 0 Å². The van der Waals surface area contributed by atoms with Crippen LogP contribution in [0.25, 0.3) is 27.7 Å². The first-order valence-corrected chi connectivity index (χ1v) is 8.10. The largest absolute Gasteiger partial charge is 0.367 e. The Balaban J connectivity index is 1.86. The van der Waals surface area contributed by atoms with Crippen LogP contribution >= 0.6 is 0 Å². The Kier molecular flexibility index (Phi) is 2.90. The van der Waals surface area contributed by atoms with E-state index in [4.69, 9.17) is 9.97 Å². The first-order valence-electron chi connectivity index (χ1n) is 8.10. The molecular weight excluding hydrogens is 302 g/mol. The van der Waals surface area contributed by atoms with Gasteiger partial charge in [-0.25, -0.2) is 9.97 Å². The van der Waals surface area contributed by atoms with Crippen molar-refractivity contribution in [2.45, 2.75) is 0 Å². The highest BCUT2D eigenvalue weighted by atomic mass is 15.3. The molecule has 0 radical (unpaired) electrons. The summed E-state index contributed by atoms with van der Waals surface area (Å²) in [4.78, 5) is 22.8. The van der Waals surface area contributed by atoms with E-state index < -0.39 is 0 Å². The quantitative estimate of drug-likeness (QED) is 0.531. The van der Waals surface area contributed by atoms with E-state index in [1.807, 2.05) is 29.1 Å². The van der Waals surface area contributed by atoms with Crippen LogP contribution < -0.4 is 4.90 Å². The number of nitrogens with zero attached hydrogens (tertiary/aromatic N) is 7. The van der Waals surface area contributed by atoms with Crippen molar-refractivity contribution in [3.63, 3.8) is 0 Å². The van der Waals surface area contributed by atoms with E-state index in [1.165, 1.54) is 0 Å². The van der Waals surface area contributed by atoms with Gasteiger partial charge in [0.25, 0.3) is 0 Å². The van der Waals surface area contributed by atoms with Crippen LogP contribution in [0.2, 0.25) is 0 Å². The van der Waals surface area contributed by atoms with Gasteiger partial charge in [-0.2, -0.15) is 0 Å². The fraction of sp³-hybridized carbons (Fsp3) is 0.294. The lowest BCUT2D eigenvalue weighted by molar-refractivity contribution is 0.313. The summed E-state index contributed by atoms with van der Waals surface area (Å²) in [6, 6.07) is 2.04. The molecule has 0 aromatic carbocycles. The van der Waals surface area contributed by atoms with Crippen LogP contribution in [-0.2, 0) is 0 Å². The zero-order valence-corrected chi connectivity index (χ0v) is 13.4. The molecule has 1 aliphatic rings. The Labute approximate surface area is 138 Å². The van der Waals surface area contributed by atoms with Crippen LogP contribution in [0.1, 0.15) is 0 Å². The number of rotatable bonds is 1. The third kappa shape index (κ3) is 1.94. The van der Waals surface area contributed by atoms with Crippen LogP contribution in [0, 0.1) is 0 Å². The third-order valence-electron chi connectivity index (χ3n) is 4.73. The van der Waals surface area contributed by atoms with E-state index in [2.05, 4.69) is 26.8 Å². The molecule has 0 amide bonds. The standard InChI is InChI=1S/C17H17N7/c1-22-6-8-23(9-7-22)16-12-2-3-18-10-13(12)20-17-15(16)21-14-11-19-4-5-24(14)17/h2-5,10-11H,6-9H2,1H3. The second kappa shape index (κ2) is 5.10. The summed E-state index contributed by atoms with van der Waals surface area (Å²) in [5.41, 5.74) is 4.68. The number of hydrogen-bond acceptors (Lipinski definition) is 6. The molecule has 0 N–H and O–H groups in total. The van der Waals surface area contributed by atoms with E-state index in [-0.39, 0.29) is 0 Å². The molecule has 0 saturated carbocycles. The lowest BCUT2D eigenvalue weighted by Gasteiger charge is -2.34. The van der Waals surface area contributed by atoms with Crippen LogP contribution in [0.15, 0.2) is 37.1 Å². The van der Waals surface area contributed by atoms with Crippen molar-refractivity contribution in [3.8, 4) is 0 Å². The maximum Gasteiger partial charge on any atom is 0.167 e. The minimum atomic E-state index is 0.818. The molecule has 0 bridgehead atoms. The van der Waals surface area contributed by atoms with E-state index >= 15 is 0 Å². The van der Waals surface area contributed by atoms with E-state index in [9.17, 15) is 0 Å². The highest BCUT2D eigenvalue weighted by Gasteiger charge is 2.22. The van der Waals surface area contributed by atoms with Gasteiger partial charge in [-0.1, -0.05) is 0 Å². The van der Waals surface area contributed by atoms with Crippen molar-refractivity contribution >= 4 is 33.4 Å². The molecule has 0 spiro atoms. The summed E-state index contributed by atoms with van der Waals surface area (Å²) in [5.74, 6) is 0. The fourth-order valence-corrected chi connectivity index (χ4v) is 3.43. The molecule has 24 heavy (non-hydrogen) atoms. The Bertz CT molecular complexity index is 1050. The fourth-order valence-electron chi connectivity index (χ4n) is 3.43. The second-order valence-electron chi connectivity index (χ2n) is 6.23. The highest BCUT2D eigenvalue weighted by Crippen LogP contribution is 2.33. The molecule has 120 valence electrons. The molecule has 4 aromatic rings. The number of piperazine rings is 1. The number of pyridine rings is 2. The minimum absolute atomic E-state index is 0.818. The van der Waals surface area contributed by atoms with Gasteiger partial charge in [-0.05, 0) is 13.1 Å². The number of fused-ring (bicyclic) bond motifs is 4. The van der Waals surface area contributed by atoms with Gasteiger partial charge in [-0.3, -0.25) is 14.4 Å². The first-order chi connectivity index (χ1) is 11.8. The second-order valence-corrected chi connectivity index (χ2v) is 6.23. The van der Waals surface area contributed by atoms with Gasteiger partial charge < -0.3 is 9.80 Å². The Hall–Kier alpha value is -2.80. The number of aromatic nitrogens is 5. The first kappa shape index (κ1) is 13.6. The normalized spacial score (nSPS) is 16.5. The van der Waals surface area contributed by atoms with E-state index in [1.54, 1.807) is 12.4 Å². The average molecular weight is 319 g/mol. The Morgan fingerprint density at radius 3 is 2.67 bits per heavy atom. The summed E-state index contributed by atoms with van der Waals surface area (Å²) < 4.78 is 1.99. The van der Waals surface area contributed by atoms with Crippen molar-refractivity contribution in [3.05, 3.63) is 37.1 Å². The molecule has 5 heterocycles. The van der Waals surface area contributed by atoms with E-state index in [0.717, 1.165) is 59.6 Å². The topological polar surface area (TPSA) is 62.5 Å². The molecule has 4 aromatic heterocycles. The summed E-state index contributed by atoms with van der Waals surface area (Å²) in [5, 5.41) is 1.11. The molecule has 7 nitrogen and oxygen atoms in total. The summed E-state index contributed by atoms with van der Waals surface area (Å²) in [6.07, 6.45) is 9.10. The molecule has 1 aliphatic heterocycles. The van der Waals surface area contributed by atoms with Crippen molar-refractivity contribution in [2.24, 2.45) is 0 Å². The van der Waals surface area contributed by atoms with Crippen LogP contribution in [0.4, 0.5) is 5.69 Å². The molecule has 7 heteroatoms. The number of imidazole rings is 1. The van der Waals surface area contributed by atoms with Gasteiger partial charge in [0.05, 0.1) is 23.6 Å². The monoisotopic (exact) mass is 319 g/mol. The van der Waals surface area contributed by atoms with Crippen LogP contribution in [0.3, 0.4) is 0 Å². The molecule has 0 aliphatic carbocycles. The SMILES string of the molecule is CN1CCN(c2c3ccncc3nc3c2nc2cnccn23)CC1. The van der Waals surface area contributed by atoms with Gasteiger partial charge >= 0.3 is 0 Å². The summed E-state index contributed by atoms with van der Waals surface area (Å²) >= 11 is 0. The maximum atomic E-state index is 4.82. The van der Waals surface area contributed by atoms with Crippen LogP contribution in [-0.4, -0.2) is 62.5 Å². The molecule has 0 atom stereocenters. The number of hydrogen-bond donors (Lipinski definition) is 0. The molecule has 1 fully saturated rings. The Morgan fingerprint density at radius 2 is 1.79 bits per heavy atom. The predicted octanol–water partition coefficient (Wildman–Crippen LogP) is 1.58. The van der Waals surface area contributed by atoms with Gasteiger partial charge in [-0.15, -0.1) is 0 Å². The van der Waals surface area contributed by atoms with Crippen LogP contribution in [0.5, 0.6) is 0 Å². The van der Waals surface area contributed by atoms with Crippen molar-refractivity contribution in [2.75, 3.05) is 38.1 Å². The van der Waals surface area contributed by atoms with Gasteiger partial charge in [0.15, 0.2) is 11.3 Å². The molecule has 5 rings (SSSR count). The molecule has 1 saturated heterocycles. The smallest absolute Gasteiger partial charge is 0.167 e. The minimum Gasteiger partial charge on any atom is -0.367 e. The van der Waals surface area contributed by atoms with Crippen molar-refractivity contribution in [1.82, 2.24) is 29.2 Å². The zero-order chi connectivity index (χ0) is 16.1. The van der Waals surface area contributed by atoms with Crippen molar-refractivity contribution < 1.29 is 0 Å². The zero-order valence-electron chi connectivity index (χ0n) is 13.4. The molecule has 0 unspecified atom stereocenters. The lowest BCUT2D eigenvalue weighted by Crippen LogP contribution is -2.44. The summed E-state index contributed by atoms with van der Waals surface area (Å²) in [6.45, 7) is 4.06. The third-order valence-corrected chi connectivity index (χ3v) is 4.73. The number of anilines is 1. The molecular formula is C17H17N7. The van der Waals surface area contributed by atoms with Crippen molar-refractivity contribution in [1.29, 1.82) is 0 Å². The average Bonchev–Trinajstić information content (AvgIpc) is 2.99. The number of likely N-dealkylation sites (N-methyl/N-ethyl adjacent to an activating group) is 1. The van der Waals surface area contributed by atoms with Gasteiger partial charge in [0.1, 0.15) is 5.52 Å². The van der Waals surface area contributed by atoms with Gasteiger partial charge in [0, 0.05) is 50.2 Å². The van der Waals surface area contributed by atoms with E-state index in [0.29, 0.717) is 0 Å². The highest BCUT2D eigenvalue weighted by molar-refractivity contribution is 6.06. The maximum absolute atomic E-state index is 4.82.